The van der Waals surface area contributed by atoms with Crippen molar-refractivity contribution in [1.82, 2.24) is 0 Å². The Bertz CT molecular complexity index is 512. The van der Waals surface area contributed by atoms with Crippen LogP contribution in [0.25, 0.3) is 0 Å². The lowest BCUT2D eigenvalue weighted by atomic mass is 10.1. The van der Waals surface area contributed by atoms with Crippen LogP contribution in [0.15, 0.2) is 24.3 Å². The fourth-order valence-electron chi connectivity index (χ4n) is 2.85. The van der Waals surface area contributed by atoms with Crippen LogP contribution in [-0.4, -0.2) is 24.2 Å². The van der Waals surface area contributed by atoms with E-state index in [4.69, 9.17) is 5.11 Å². The van der Waals surface area contributed by atoms with Gasteiger partial charge in [0.2, 0.25) is 5.91 Å². The van der Waals surface area contributed by atoms with Gasteiger partial charge in [-0.15, -0.1) is 0 Å². The second kappa shape index (κ2) is 3.96. The molecule has 1 aromatic carbocycles. The largest absolute Gasteiger partial charge is 0.416 e. The molecular formula is C13H12F3NO2. The zero-order valence-corrected chi connectivity index (χ0v) is 9.89. The first-order chi connectivity index (χ1) is 8.93. The molecule has 1 amide bonds. The topological polar surface area (TPSA) is 40.5 Å². The number of carbonyl (C=O) groups excluding carboxylic acids is 1. The Morgan fingerprint density at radius 3 is 2.32 bits per heavy atom. The third-order valence-electron chi connectivity index (χ3n) is 3.99. The lowest BCUT2D eigenvalue weighted by Gasteiger charge is -2.20. The molecule has 1 saturated heterocycles. The highest BCUT2D eigenvalue weighted by atomic mass is 19.4. The van der Waals surface area contributed by atoms with E-state index >= 15 is 0 Å². The molecule has 19 heavy (non-hydrogen) atoms. The van der Waals surface area contributed by atoms with Gasteiger partial charge in [0.15, 0.2) is 0 Å². The van der Waals surface area contributed by atoms with Crippen LogP contribution in [0.4, 0.5) is 18.9 Å². The van der Waals surface area contributed by atoms with E-state index in [1.807, 2.05) is 0 Å². The van der Waals surface area contributed by atoms with Crippen molar-refractivity contribution >= 4 is 11.6 Å². The number of alkyl halides is 3. The first-order valence-electron chi connectivity index (χ1n) is 6.03. The smallest absolute Gasteiger partial charge is 0.396 e. The Kier molecular flexibility index (Phi) is 2.60. The minimum Gasteiger partial charge on any atom is -0.396 e. The Morgan fingerprint density at radius 1 is 1.26 bits per heavy atom. The highest BCUT2D eigenvalue weighted by Crippen LogP contribution is 2.53. The minimum atomic E-state index is -4.36. The Balaban J connectivity index is 1.77. The number of piperidine rings is 1. The van der Waals surface area contributed by atoms with Crippen molar-refractivity contribution in [3.05, 3.63) is 29.8 Å². The van der Waals surface area contributed by atoms with Crippen LogP contribution in [0.1, 0.15) is 5.56 Å². The third-order valence-corrected chi connectivity index (χ3v) is 3.99. The fraction of sp³-hybridized carbons (Fsp3) is 0.462. The number of carbonyl (C=O) groups is 1. The molecule has 3 nitrogen and oxygen atoms in total. The molecule has 1 aliphatic heterocycles. The van der Waals surface area contributed by atoms with E-state index in [0.29, 0.717) is 12.2 Å². The molecule has 1 aliphatic carbocycles. The van der Waals surface area contributed by atoms with Crippen molar-refractivity contribution in [3.8, 4) is 0 Å². The van der Waals surface area contributed by atoms with Crippen LogP contribution in [0.5, 0.6) is 0 Å². The Labute approximate surface area is 107 Å². The van der Waals surface area contributed by atoms with E-state index < -0.39 is 11.7 Å². The fourth-order valence-corrected chi connectivity index (χ4v) is 2.85. The van der Waals surface area contributed by atoms with Gasteiger partial charge in [-0.05, 0) is 36.1 Å². The molecule has 2 aliphatic rings. The van der Waals surface area contributed by atoms with E-state index in [0.717, 1.165) is 12.1 Å². The predicted octanol–water partition coefficient (Wildman–Crippen LogP) is 1.91. The molecule has 1 aromatic rings. The van der Waals surface area contributed by atoms with Crippen molar-refractivity contribution in [2.75, 3.05) is 18.1 Å². The number of hydrogen-bond acceptors (Lipinski definition) is 2. The number of rotatable bonds is 2. The third kappa shape index (κ3) is 1.90. The molecule has 0 bridgehead atoms. The molecule has 6 heteroatoms. The van der Waals surface area contributed by atoms with Gasteiger partial charge in [0.1, 0.15) is 0 Å². The normalized spacial score (nSPS) is 29.6. The second-order valence-electron chi connectivity index (χ2n) is 5.03. The summed E-state index contributed by atoms with van der Waals surface area (Å²) in [7, 11) is 0. The maximum Gasteiger partial charge on any atom is 0.416 e. The van der Waals surface area contributed by atoms with Crippen molar-refractivity contribution in [2.24, 2.45) is 17.8 Å². The first kappa shape index (κ1) is 12.5. The molecule has 3 unspecified atom stereocenters. The molecule has 2 fully saturated rings. The van der Waals surface area contributed by atoms with Crippen molar-refractivity contribution in [3.63, 3.8) is 0 Å². The maximum absolute atomic E-state index is 12.4. The summed E-state index contributed by atoms with van der Waals surface area (Å²) < 4.78 is 37.3. The molecule has 1 N–H and O–H groups in total. The molecule has 0 aromatic heterocycles. The second-order valence-corrected chi connectivity index (χ2v) is 5.03. The number of anilines is 1. The average molecular weight is 271 g/mol. The van der Waals surface area contributed by atoms with Crippen LogP contribution in [0, 0.1) is 17.8 Å². The number of hydrogen-bond donors (Lipinski definition) is 1. The number of nitrogens with zero attached hydrogens (tertiary/aromatic N) is 1. The average Bonchev–Trinajstić information content (AvgIpc) is 2.97. The van der Waals surface area contributed by atoms with E-state index in [1.54, 1.807) is 0 Å². The van der Waals surface area contributed by atoms with Gasteiger partial charge in [-0.25, -0.2) is 0 Å². The summed E-state index contributed by atoms with van der Waals surface area (Å²) in [5.74, 6) is -0.0471. The van der Waals surface area contributed by atoms with E-state index in [1.165, 1.54) is 17.0 Å². The van der Waals surface area contributed by atoms with Gasteiger partial charge in [-0.1, -0.05) is 0 Å². The van der Waals surface area contributed by atoms with Crippen LogP contribution >= 0.6 is 0 Å². The number of aliphatic hydroxyl groups is 1. The van der Waals surface area contributed by atoms with Crippen molar-refractivity contribution < 1.29 is 23.1 Å². The highest BCUT2D eigenvalue weighted by molar-refractivity contribution is 6.00. The number of halogens is 3. The van der Waals surface area contributed by atoms with Gasteiger partial charge >= 0.3 is 6.18 Å². The number of aliphatic hydroxyl groups excluding tert-OH is 1. The molecular weight excluding hydrogens is 259 g/mol. The summed E-state index contributed by atoms with van der Waals surface area (Å²) in [4.78, 5) is 13.5. The number of benzene rings is 1. The van der Waals surface area contributed by atoms with Crippen LogP contribution < -0.4 is 4.90 Å². The van der Waals surface area contributed by atoms with Gasteiger partial charge in [0.05, 0.1) is 5.56 Å². The summed E-state index contributed by atoms with van der Waals surface area (Å²) in [5, 5.41) is 9.02. The van der Waals surface area contributed by atoms with Crippen molar-refractivity contribution in [2.45, 2.75) is 6.18 Å². The molecule has 3 rings (SSSR count). The molecule has 0 spiro atoms. The van der Waals surface area contributed by atoms with Crippen LogP contribution in [0.2, 0.25) is 0 Å². The molecule has 3 atom stereocenters. The maximum atomic E-state index is 12.4. The molecule has 102 valence electrons. The highest BCUT2D eigenvalue weighted by Gasteiger charge is 2.61. The Hall–Kier alpha value is -1.56. The summed E-state index contributed by atoms with van der Waals surface area (Å²) >= 11 is 0. The molecule has 1 saturated carbocycles. The zero-order valence-electron chi connectivity index (χ0n) is 9.89. The van der Waals surface area contributed by atoms with E-state index in [-0.39, 0.29) is 30.3 Å². The quantitative estimate of drug-likeness (QED) is 0.892. The number of fused-ring (bicyclic) bond motifs is 1. The van der Waals surface area contributed by atoms with Gasteiger partial charge in [-0.3, -0.25) is 4.79 Å². The summed E-state index contributed by atoms with van der Waals surface area (Å²) in [6.45, 7) is 0.488. The SMILES string of the molecule is O=C1C2C(CO)C2CN1c1ccc(C(F)(F)F)cc1. The standard InChI is InChI=1S/C13H12F3NO2/c14-13(15,16)7-1-3-8(4-2-7)17-5-9-10(6-18)11(9)12(17)19/h1-4,9-11,18H,5-6H2. The lowest BCUT2D eigenvalue weighted by Crippen LogP contribution is -2.30. The predicted molar refractivity (Wildman–Crippen MR) is 61.4 cm³/mol. The summed E-state index contributed by atoms with van der Waals surface area (Å²) in [6, 6.07) is 4.60. The van der Waals surface area contributed by atoms with E-state index in [9.17, 15) is 18.0 Å². The van der Waals surface area contributed by atoms with Crippen molar-refractivity contribution in [1.29, 1.82) is 0 Å². The first-order valence-corrected chi connectivity index (χ1v) is 6.03. The van der Waals surface area contributed by atoms with Gasteiger partial charge in [0.25, 0.3) is 0 Å². The molecule has 1 heterocycles. The zero-order chi connectivity index (χ0) is 13.8. The molecule has 0 radical (unpaired) electrons. The van der Waals surface area contributed by atoms with Gasteiger partial charge < -0.3 is 10.0 Å². The summed E-state index contributed by atoms with van der Waals surface area (Å²) in [6.07, 6.45) is -4.36. The van der Waals surface area contributed by atoms with Crippen LogP contribution in [-0.2, 0) is 11.0 Å². The Morgan fingerprint density at radius 2 is 1.89 bits per heavy atom. The van der Waals surface area contributed by atoms with Crippen LogP contribution in [0.3, 0.4) is 0 Å². The summed E-state index contributed by atoms with van der Waals surface area (Å²) in [5.41, 5.74) is -0.233. The van der Waals surface area contributed by atoms with Gasteiger partial charge in [0, 0.05) is 24.8 Å². The lowest BCUT2D eigenvalue weighted by molar-refractivity contribution is -0.137. The van der Waals surface area contributed by atoms with Gasteiger partial charge in [-0.2, -0.15) is 13.2 Å². The number of amides is 1. The van der Waals surface area contributed by atoms with E-state index in [2.05, 4.69) is 0 Å². The minimum absolute atomic E-state index is 0.00191. The monoisotopic (exact) mass is 271 g/mol.